The van der Waals surface area contributed by atoms with E-state index in [0.29, 0.717) is 38.5 Å². The first-order chi connectivity index (χ1) is 11.4. The minimum atomic E-state index is -3.44. The van der Waals surface area contributed by atoms with E-state index in [1.807, 2.05) is 30.3 Å². The molecule has 0 aliphatic carbocycles. The molecule has 1 fully saturated rings. The second-order valence-electron chi connectivity index (χ2n) is 6.47. The van der Waals surface area contributed by atoms with E-state index in [1.165, 1.54) is 9.71 Å². The zero-order valence-corrected chi connectivity index (χ0v) is 15.2. The molecule has 1 aromatic carbocycles. The molecule has 1 saturated heterocycles. The summed E-state index contributed by atoms with van der Waals surface area (Å²) in [4.78, 5) is 13.9. The molecule has 1 amide bonds. The van der Waals surface area contributed by atoms with Crippen molar-refractivity contribution in [2.45, 2.75) is 26.7 Å². The minimum Gasteiger partial charge on any atom is -0.340 e. The SMILES string of the molecule is CC(C)CCC(=O)N1CCN(S(=O)(=O)C=Cc2ccccc2)CC1. The highest BCUT2D eigenvalue weighted by atomic mass is 32.2. The largest absolute Gasteiger partial charge is 0.340 e. The Bertz CT molecular complexity index is 661. The summed E-state index contributed by atoms with van der Waals surface area (Å²) >= 11 is 0. The number of rotatable bonds is 6. The van der Waals surface area contributed by atoms with Crippen molar-refractivity contribution < 1.29 is 13.2 Å². The molecule has 0 spiro atoms. The average Bonchev–Trinajstić information content (AvgIpc) is 2.59. The first-order valence-electron chi connectivity index (χ1n) is 8.39. The highest BCUT2D eigenvalue weighted by Crippen LogP contribution is 2.13. The molecule has 0 aromatic heterocycles. The van der Waals surface area contributed by atoms with Crippen molar-refractivity contribution in [1.82, 2.24) is 9.21 Å². The van der Waals surface area contributed by atoms with Crippen molar-refractivity contribution in [2.75, 3.05) is 26.2 Å². The summed E-state index contributed by atoms with van der Waals surface area (Å²) in [5, 5.41) is 1.25. The van der Waals surface area contributed by atoms with Gasteiger partial charge in [0.25, 0.3) is 0 Å². The fraction of sp³-hybridized carbons (Fsp3) is 0.500. The molecule has 2 rings (SSSR count). The van der Waals surface area contributed by atoms with Gasteiger partial charge < -0.3 is 4.90 Å². The predicted molar refractivity (Wildman–Crippen MR) is 96.6 cm³/mol. The number of hydrogen-bond donors (Lipinski definition) is 0. The Kier molecular flexibility index (Phi) is 6.57. The Morgan fingerprint density at radius 3 is 2.33 bits per heavy atom. The van der Waals surface area contributed by atoms with Crippen molar-refractivity contribution in [2.24, 2.45) is 5.92 Å². The number of carbonyl (C=O) groups is 1. The van der Waals surface area contributed by atoms with Crippen LogP contribution in [-0.4, -0.2) is 49.7 Å². The van der Waals surface area contributed by atoms with Crippen LogP contribution in [0.3, 0.4) is 0 Å². The topological polar surface area (TPSA) is 57.7 Å². The molecule has 0 saturated carbocycles. The Morgan fingerprint density at radius 2 is 1.75 bits per heavy atom. The summed E-state index contributed by atoms with van der Waals surface area (Å²) in [6.07, 6.45) is 3.02. The Balaban J connectivity index is 1.89. The third kappa shape index (κ3) is 5.46. The van der Waals surface area contributed by atoms with Crippen molar-refractivity contribution in [3.8, 4) is 0 Å². The average molecular weight is 350 g/mol. The zero-order chi connectivity index (χ0) is 17.6. The lowest BCUT2D eigenvalue weighted by molar-refractivity contribution is -0.132. The maximum atomic E-state index is 12.4. The van der Waals surface area contributed by atoms with Gasteiger partial charge in [0.15, 0.2) is 0 Å². The summed E-state index contributed by atoms with van der Waals surface area (Å²) in [6, 6.07) is 9.34. The second kappa shape index (κ2) is 8.44. The van der Waals surface area contributed by atoms with Crippen LogP contribution in [0.15, 0.2) is 35.7 Å². The molecule has 1 aliphatic heterocycles. The first-order valence-corrected chi connectivity index (χ1v) is 9.90. The van der Waals surface area contributed by atoms with Crippen LogP contribution in [-0.2, 0) is 14.8 Å². The van der Waals surface area contributed by atoms with Gasteiger partial charge in [0.2, 0.25) is 15.9 Å². The van der Waals surface area contributed by atoms with Gasteiger partial charge in [-0.2, -0.15) is 4.31 Å². The van der Waals surface area contributed by atoms with Crippen LogP contribution in [0.2, 0.25) is 0 Å². The van der Waals surface area contributed by atoms with Gasteiger partial charge in [-0.25, -0.2) is 8.42 Å². The van der Waals surface area contributed by atoms with Crippen LogP contribution >= 0.6 is 0 Å². The standard InChI is InChI=1S/C18H26N2O3S/c1-16(2)8-9-18(21)19-11-13-20(14-12-19)24(22,23)15-10-17-6-4-3-5-7-17/h3-7,10,15-16H,8-9,11-14H2,1-2H3. The molecule has 1 aromatic rings. The highest BCUT2D eigenvalue weighted by Gasteiger charge is 2.27. The molecule has 0 radical (unpaired) electrons. The van der Waals surface area contributed by atoms with Gasteiger partial charge in [-0.3, -0.25) is 4.79 Å². The lowest BCUT2D eigenvalue weighted by Gasteiger charge is -2.33. The maximum absolute atomic E-state index is 12.4. The van der Waals surface area contributed by atoms with E-state index in [1.54, 1.807) is 11.0 Å². The zero-order valence-electron chi connectivity index (χ0n) is 14.4. The Labute approximate surface area is 145 Å². The Hall–Kier alpha value is -1.66. The molecule has 132 valence electrons. The van der Waals surface area contributed by atoms with Crippen LogP contribution in [0.5, 0.6) is 0 Å². The molecule has 0 N–H and O–H groups in total. The van der Waals surface area contributed by atoms with Gasteiger partial charge in [0, 0.05) is 38.0 Å². The quantitative estimate of drug-likeness (QED) is 0.792. The molecule has 5 nitrogen and oxygen atoms in total. The smallest absolute Gasteiger partial charge is 0.236 e. The number of carbonyl (C=O) groups excluding carboxylic acids is 1. The molecule has 0 unspecified atom stereocenters. The third-order valence-corrected chi connectivity index (χ3v) is 5.68. The van der Waals surface area contributed by atoms with Gasteiger partial charge in [-0.1, -0.05) is 44.2 Å². The van der Waals surface area contributed by atoms with Crippen LogP contribution in [0, 0.1) is 5.92 Å². The van der Waals surface area contributed by atoms with Gasteiger partial charge in [0.1, 0.15) is 0 Å². The molecule has 0 bridgehead atoms. The number of benzene rings is 1. The van der Waals surface area contributed by atoms with Gasteiger partial charge in [-0.05, 0) is 24.0 Å². The summed E-state index contributed by atoms with van der Waals surface area (Å²) in [6.45, 7) is 5.84. The van der Waals surface area contributed by atoms with Crippen molar-refractivity contribution in [1.29, 1.82) is 0 Å². The molecular weight excluding hydrogens is 324 g/mol. The van der Waals surface area contributed by atoms with E-state index >= 15 is 0 Å². The normalized spacial score (nSPS) is 16.9. The van der Waals surface area contributed by atoms with E-state index < -0.39 is 10.0 Å². The van der Waals surface area contributed by atoms with Gasteiger partial charge in [-0.15, -0.1) is 0 Å². The molecule has 0 atom stereocenters. The van der Waals surface area contributed by atoms with Crippen molar-refractivity contribution >= 4 is 22.0 Å². The van der Waals surface area contributed by atoms with E-state index in [-0.39, 0.29) is 5.91 Å². The maximum Gasteiger partial charge on any atom is 0.236 e. The first kappa shape index (κ1) is 18.7. The fourth-order valence-corrected chi connectivity index (χ4v) is 3.75. The van der Waals surface area contributed by atoms with E-state index in [2.05, 4.69) is 13.8 Å². The summed E-state index contributed by atoms with van der Waals surface area (Å²) in [5.74, 6) is 0.624. The lowest BCUT2D eigenvalue weighted by atomic mass is 10.1. The molecule has 1 aliphatic rings. The van der Waals surface area contributed by atoms with Crippen LogP contribution in [0.1, 0.15) is 32.3 Å². The summed E-state index contributed by atoms with van der Waals surface area (Å²) in [7, 11) is -3.44. The number of sulfonamides is 1. The fourth-order valence-electron chi connectivity index (χ4n) is 2.58. The summed E-state index contributed by atoms with van der Waals surface area (Å²) < 4.78 is 26.2. The molecular formula is C18H26N2O3S. The van der Waals surface area contributed by atoms with Crippen LogP contribution in [0.25, 0.3) is 6.08 Å². The summed E-state index contributed by atoms with van der Waals surface area (Å²) in [5.41, 5.74) is 0.851. The van der Waals surface area contributed by atoms with Gasteiger partial charge in [0.05, 0.1) is 0 Å². The van der Waals surface area contributed by atoms with Gasteiger partial charge >= 0.3 is 0 Å². The molecule has 1 heterocycles. The molecule has 6 heteroatoms. The number of amides is 1. The van der Waals surface area contributed by atoms with Crippen molar-refractivity contribution in [3.63, 3.8) is 0 Å². The lowest BCUT2D eigenvalue weighted by Crippen LogP contribution is -2.50. The van der Waals surface area contributed by atoms with Crippen LogP contribution < -0.4 is 0 Å². The number of piperazine rings is 1. The minimum absolute atomic E-state index is 0.126. The van der Waals surface area contributed by atoms with E-state index in [9.17, 15) is 13.2 Å². The highest BCUT2D eigenvalue weighted by molar-refractivity contribution is 7.92. The monoisotopic (exact) mass is 350 g/mol. The molecule has 24 heavy (non-hydrogen) atoms. The number of hydrogen-bond acceptors (Lipinski definition) is 3. The predicted octanol–water partition coefficient (Wildman–Crippen LogP) is 2.57. The Morgan fingerprint density at radius 1 is 1.12 bits per heavy atom. The van der Waals surface area contributed by atoms with E-state index in [4.69, 9.17) is 0 Å². The van der Waals surface area contributed by atoms with Crippen molar-refractivity contribution in [3.05, 3.63) is 41.3 Å². The van der Waals surface area contributed by atoms with Crippen LogP contribution in [0.4, 0.5) is 0 Å². The number of nitrogens with zero attached hydrogens (tertiary/aromatic N) is 2. The van der Waals surface area contributed by atoms with E-state index in [0.717, 1.165) is 12.0 Å². The third-order valence-electron chi connectivity index (χ3n) is 4.12. The second-order valence-corrected chi connectivity index (χ2v) is 8.29.